The van der Waals surface area contributed by atoms with Crippen LogP contribution in [-0.4, -0.2) is 15.8 Å². The van der Waals surface area contributed by atoms with Gasteiger partial charge in [-0.2, -0.15) is 5.10 Å². The molecule has 28 heavy (non-hydrogen) atoms. The Morgan fingerprint density at radius 3 is 2.25 bits per heavy atom. The van der Waals surface area contributed by atoms with E-state index in [2.05, 4.69) is 87.7 Å². The standard InChI is InChI=1S/C24H20N4/c1-2-28-23-14-8-7-13-22(23)26-24(28)27-25-16-21-19-11-5-3-9-17(19)15-18-10-4-6-12-20(18)21/h3-16H,2H2,1H3,(H,26,27)/b25-16-. The number of hydrogen-bond acceptors (Lipinski definition) is 3. The first-order valence-corrected chi connectivity index (χ1v) is 9.50. The minimum absolute atomic E-state index is 0.754. The SMILES string of the molecule is CCn1c(N/N=C\c2c3ccccc3cc3ccccc23)nc2ccccc21. The Morgan fingerprint density at radius 1 is 0.893 bits per heavy atom. The smallest absolute Gasteiger partial charge is 0.224 e. The molecule has 0 saturated carbocycles. The molecular weight excluding hydrogens is 344 g/mol. The van der Waals surface area contributed by atoms with Crippen LogP contribution in [0, 0.1) is 0 Å². The van der Waals surface area contributed by atoms with Gasteiger partial charge in [0.05, 0.1) is 17.2 Å². The summed E-state index contributed by atoms with van der Waals surface area (Å²) in [5, 5.41) is 9.36. The van der Waals surface area contributed by atoms with E-state index in [9.17, 15) is 0 Å². The van der Waals surface area contributed by atoms with Gasteiger partial charge in [-0.3, -0.25) is 0 Å². The highest BCUT2D eigenvalue weighted by atomic mass is 15.4. The second-order valence-electron chi connectivity index (χ2n) is 6.77. The molecule has 1 heterocycles. The molecule has 5 rings (SSSR count). The van der Waals surface area contributed by atoms with E-state index in [0.717, 1.165) is 29.1 Å². The van der Waals surface area contributed by atoms with Crippen LogP contribution in [0.2, 0.25) is 0 Å². The van der Waals surface area contributed by atoms with Gasteiger partial charge in [-0.1, -0.05) is 60.7 Å². The van der Waals surface area contributed by atoms with Crippen LogP contribution < -0.4 is 5.43 Å². The lowest BCUT2D eigenvalue weighted by Crippen LogP contribution is -2.02. The largest absolute Gasteiger partial charge is 0.309 e. The van der Waals surface area contributed by atoms with Crippen molar-refractivity contribution in [3.8, 4) is 0 Å². The minimum atomic E-state index is 0.754. The molecule has 0 aliphatic carbocycles. The molecule has 4 nitrogen and oxygen atoms in total. The van der Waals surface area contributed by atoms with Crippen molar-refractivity contribution < 1.29 is 0 Å². The van der Waals surface area contributed by atoms with Crippen molar-refractivity contribution >= 4 is 44.7 Å². The Morgan fingerprint density at radius 2 is 1.54 bits per heavy atom. The third kappa shape index (κ3) is 2.70. The summed E-state index contributed by atoms with van der Waals surface area (Å²) >= 11 is 0. The van der Waals surface area contributed by atoms with Gasteiger partial charge in [-0.25, -0.2) is 10.4 Å². The predicted molar refractivity (Wildman–Crippen MR) is 118 cm³/mol. The number of hydrazone groups is 1. The topological polar surface area (TPSA) is 42.2 Å². The number of aryl methyl sites for hydroxylation is 1. The van der Waals surface area contributed by atoms with E-state index in [1.807, 2.05) is 24.4 Å². The van der Waals surface area contributed by atoms with Crippen LogP contribution in [0.5, 0.6) is 0 Å². The lowest BCUT2D eigenvalue weighted by atomic mass is 9.97. The quantitative estimate of drug-likeness (QED) is 0.248. The van der Waals surface area contributed by atoms with E-state index in [1.54, 1.807) is 0 Å². The fraction of sp³-hybridized carbons (Fsp3) is 0.0833. The molecule has 0 atom stereocenters. The van der Waals surface area contributed by atoms with E-state index in [1.165, 1.54) is 21.5 Å². The number of rotatable bonds is 4. The zero-order valence-corrected chi connectivity index (χ0v) is 15.6. The van der Waals surface area contributed by atoms with Crippen LogP contribution in [0.25, 0.3) is 32.6 Å². The molecule has 136 valence electrons. The Kier molecular flexibility index (Phi) is 4.02. The number of nitrogens with one attached hydrogen (secondary N) is 1. The highest BCUT2D eigenvalue weighted by molar-refractivity contribution is 6.13. The van der Waals surface area contributed by atoms with Crippen molar-refractivity contribution in [1.29, 1.82) is 0 Å². The van der Waals surface area contributed by atoms with Gasteiger partial charge in [0.15, 0.2) is 0 Å². The molecule has 0 spiro atoms. The third-order valence-corrected chi connectivity index (χ3v) is 5.14. The second kappa shape index (κ2) is 6.82. The molecule has 0 unspecified atom stereocenters. The van der Waals surface area contributed by atoms with Crippen molar-refractivity contribution in [2.24, 2.45) is 5.10 Å². The van der Waals surface area contributed by atoms with Crippen LogP contribution in [0.4, 0.5) is 5.95 Å². The Balaban J connectivity index is 1.59. The molecule has 0 radical (unpaired) electrons. The summed E-state index contributed by atoms with van der Waals surface area (Å²) in [6.45, 7) is 2.94. The van der Waals surface area contributed by atoms with Crippen molar-refractivity contribution in [3.63, 3.8) is 0 Å². The number of hydrogen-bond donors (Lipinski definition) is 1. The Bertz CT molecular complexity index is 1280. The summed E-state index contributed by atoms with van der Waals surface area (Å²) in [6, 6.07) is 27.2. The number of imidazole rings is 1. The minimum Gasteiger partial charge on any atom is -0.309 e. The maximum atomic E-state index is 4.68. The predicted octanol–water partition coefficient (Wildman–Crippen LogP) is 5.81. The van der Waals surface area contributed by atoms with E-state index in [-0.39, 0.29) is 0 Å². The monoisotopic (exact) mass is 364 g/mol. The first-order chi connectivity index (χ1) is 13.8. The van der Waals surface area contributed by atoms with Gasteiger partial charge in [0.25, 0.3) is 0 Å². The van der Waals surface area contributed by atoms with Crippen molar-refractivity contribution in [3.05, 3.63) is 84.4 Å². The average molecular weight is 364 g/mol. The summed E-state index contributed by atoms with van der Waals surface area (Å²) in [4.78, 5) is 4.68. The normalized spacial score (nSPS) is 11.8. The molecule has 0 saturated heterocycles. The molecule has 0 aliphatic heterocycles. The van der Waals surface area contributed by atoms with E-state index >= 15 is 0 Å². The number of fused-ring (bicyclic) bond motifs is 3. The third-order valence-electron chi connectivity index (χ3n) is 5.14. The van der Waals surface area contributed by atoms with E-state index in [4.69, 9.17) is 0 Å². The molecule has 1 aromatic heterocycles. The molecule has 0 fully saturated rings. The number of benzene rings is 4. The zero-order valence-electron chi connectivity index (χ0n) is 15.6. The molecule has 0 bridgehead atoms. The van der Waals surface area contributed by atoms with Gasteiger partial charge in [0, 0.05) is 12.1 Å². The summed E-state index contributed by atoms with van der Waals surface area (Å²) in [5.74, 6) is 0.754. The molecule has 0 amide bonds. The number of anilines is 1. The zero-order chi connectivity index (χ0) is 18.9. The van der Waals surface area contributed by atoms with Gasteiger partial charge in [0.1, 0.15) is 0 Å². The molecular formula is C24H20N4. The number of nitrogens with zero attached hydrogens (tertiary/aromatic N) is 3. The van der Waals surface area contributed by atoms with Crippen LogP contribution in [0.15, 0.2) is 84.0 Å². The molecule has 5 aromatic rings. The van der Waals surface area contributed by atoms with Crippen LogP contribution in [0.1, 0.15) is 12.5 Å². The molecule has 4 heteroatoms. The Labute approximate surface area is 163 Å². The maximum Gasteiger partial charge on any atom is 0.224 e. The van der Waals surface area contributed by atoms with E-state index < -0.39 is 0 Å². The van der Waals surface area contributed by atoms with Crippen LogP contribution >= 0.6 is 0 Å². The van der Waals surface area contributed by atoms with Gasteiger partial charge in [0.2, 0.25) is 5.95 Å². The van der Waals surface area contributed by atoms with Crippen LogP contribution in [-0.2, 0) is 6.54 Å². The highest BCUT2D eigenvalue weighted by Crippen LogP contribution is 2.27. The van der Waals surface area contributed by atoms with Crippen molar-refractivity contribution in [2.75, 3.05) is 5.43 Å². The average Bonchev–Trinajstić information content (AvgIpc) is 3.10. The Hall–Kier alpha value is -3.66. The lowest BCUT2D eigenvalue weighted by molar-refractivity contribution is 0.791. The van der Waals surface area contributed by atoms with Crippen LogP contribution in [0.3, 0.4) is 0 Å². The van der Waals surface area contributed by atoms with Crippen molar-refractivity contribution in [2.45, 2.75) is 13.5 Å². The first-order valence-electron chi connectivity index (χ1n) is 9.50. The van der Waals surface area contributed by atoms with Gasteiger partial charge < -0.3 is 4.57 Å². The van der Waals surface area contributed by atoms with Crippen molar-refractivity contribution in [1.82, 2.24) is 9.55 Å². The summed E-state index contributed by atoms with van der Waals surface area (Å²) in [6.07, 6.45) is 1.91. The summed E-state index contributed by atoms with van der Waals surface area (Å²) in [5.41, 5.74) is 6.34. The molecule has 1 N–H and O–H groups in total. The van der Waals surface area contributed by atoms with Gasteiger partial charge >= 0.3 is 0 Å². The van der Waals surface area contributed by atoms with Gasteiger partial charge in [-0.05, 0) is 46.7 Å². The first kappa shape index (κ1) is 16.5. The molecule has 0 aliphatic rings. The van der Waals surface area contributed by atoms with Gasteiger partial charge in [-0.15, -0.1) is 0 Å². The van der Waals surface area contributed by atoms with E-state index in [0.29, 0.717) is 0 Å². The molecule has 4 aromatic carbocycles. The number of para-hydroxylation sites is 2. The highest BCUT2D eigenvalue weighted by Gasteiger charge is 2.08. The fourth-order valence-electron chi connectivity index (χ4n) is 3.82. The fourth-order valence-corrected chi connectivity index (χ4v) is 3.82. The summed E-state index contributed by atoms with van der Waals surface area (Å²) < 4.78 is 2.13. The number of aromatic nitrogens is 2. The maximum absolute atomic E-state index is 4.68. The summed E-state index contributed by atoms with van der Waals surface area (Å²) in [7, 11) is 0. The lowest BCUT2D eigenvalue weighted by Gasteiger charge is -2.08. The second-order valence-corrected chi connectivity index (χ2v) is 6.77.